The van der Waals surface area contributed by atoms with Crippen LogP contribution in [0.5, 0.6) is 0 Å². The first-order valence-corrected chi connectivity index (χ1v) is 13.3. The molecular weight excluding hydrogens is 483 g/mol. The molecule has 1 amide bonds. The monoisotopic (exact) mass is 512 g/mol. The van der Waals surface area contributed by atoms with E-state index in [9.17, 15) is 9.18 Å². The molecule has 2 fully saturated rings. The van der Waals surface area contributed by atoms with Gasteiger partial charge in [-0.3, -0.25) is 9.20 Å². The van der Waals surface area contributed by atoms with Gasteiger partial charge in [0.1, 0.15) is 23.1 Å². The molecule has 4 aromatic rings. The second-order valence-electron chi connectivity index (χ2n) is 10.3. The van der Waals surface area contributed by atoms with E-state index >= 15 is 0 Å². The molecule has 0 radical (unpaired) electrons. The van der Waals surface area contributed by atoms with E-state index in [0.717, 1.165) is 55.4 Å². The number of pyridine rings is 2. The van der Waals surface area contributed by atoms with E-state index in [0.29, 0.717) is 35.2 Å². The number of rotatable bonds is 5. The molecule has 3 aliphatic rings. The molecule has 3 aromatic heterocycles. The summed E-state index contributed by atoms with van der Waals surface area (Å²) < 4.78 is 21.2. The van der Waals surface area contributed by atoms with Crippen LogP contribution in [0.3, 0.4) is 0 Å². The van der Waals surface area contributed by atoms with E-state index in [1.165, 1.54) is 37.0 Å². The van der Waals surface area contributed by atoms with Crippen molar-refractivity contribution in [3.8, 4) is 11.3 Å². The van der Waals surface area contributed by atoms with Crippen LogP contribution in [0.4, 0.5) is 21.7 Å². The lowest BCUT2D eigenvalue weighted by molar-refractivity contribution is 0.0966. The molecule has 1 atom stereocenters. The van der Waals surface area contributed by atoms with E-state index < -0.39 is 0 Å². The number of nitrogens with zero attached hydrogens (tertiary/aromatic N) is 4. The van der Waals surface area contributed by atoms with Crippen LogP contribution in [-0.2, 0) is 11.3 Å². The summed E-state index contributed by atoms with van der Waals surface area (Å²) in [7, 11) is 0. The van der Waals surface area contributed by atoms with Crippen molar-refractivity contribution in [2.24, 2.45) is 0 Å². The van der Waals surface area contributed by atoms with Gasteiger partial charge in [0, 0.05) is 55.5 Å². The molecule has 9 heteroatoms. The maximum atomic E-state index is 13.7. The first kappa shape index (κ1) is 23.2. The van der Waals surface area contributed by atoms with Gasteiger partial charge in [-0.1, -0.05) is 12.1 Å². The lowest BCUT2D eigenvalue weighted by Crippen LogP contribution is -2.31. The number of aromatic nitrogens is 3. The Kier molecular flexibility index (Phi) is 5.73. The standard InChI is InChI=1S/C29H29FN6O2/c30-19-8-12-36-24(16-31-26(36)14-19)21-4-6-23(27-22(21)15-32-29(27)37)33-25-7-5-20(18-9-13-38-17-18)28(34-25)35-10-2-1-3-11-35/h4-8,12,14,16,18H,1-3,9-11,13,15,17H2,(H,32,37)(H,33,34)/t18-/m0/s1. The van der Waals surface area contributed by atoms with Crippen LogP contribution in [0.1, 0.15) is 53.1 Å². The Bertz CT molecular complexity index is 1540. The van der Waals surface area contributed by atoms with Crippen molar-refractivity contribution in [1.29, 1.82) is 0 Å². The molecule has 6 heterocycles. The Hall–Kier alpha value is -3.98. The molecular formula is C29H29FN6O2. The zero-order chi connectivity index (χ0) is 25.6. The average molecular weight is 513 g/mol. The predicted molar refractivity (Wildman–Crippen MR) is 144 cm³/mol. The number of hydrogen-bond acceptors (Lipinski definition) is 6. The second kappa shape index (κ2) is 9.40. The van der Waals surface area contributed by atoms with Crippen LogP contribution >= 0.6 is 0 Å². The zero-order valence-corrected chi connectivity index (χ0v) is 21.0. The Labute approximate surface area is 219 Å². The number of hydrogen-bond donors (Lipinski definition) is 2. The molecule has 0 saturated carbocycles. The number of carbonyl (C=O) groups excluding carboxylic acids is 1. The van der Waals surface area contributed by atoms with E-state index in [1.807, 2.05) is 22.6 Å². The third-order valence-corrected chi connectivity index (χ3v) is 7.91. The number of ether oxygens (including phenoxy) is 1. The number of fused-ring (bicyclic) bond motifs is 2. The van der Waals surface area contributed by atoms with E-state index in [4.69, 9.17) is 9.72 Å². The lowest BCUT2D eigenvalue weighted by atomic mass is 9.97. The van der Waals surface area contributed by atoms with Gasteiger partial charge in [0.2, 0.25) is 0 Å². The van der Waals surface area contributed by atoms with Crippen molar-refractivity contribution in [3.63, 3.8) is 0 Å². The van der Waals surface area contributed by atoms with E-state index in [2.05, 4.69) is 26.6 Å². The fourth-order valence-corrected chi connectivity index (χ4v) is 5.97. The van der Waals surface area contributed by atoms with E-state index in [1.54, 1.807) is 12.4 Å². The molecule has 2 N–H and O–H groups in total. The Morgan fingerprint density at radius 1 is 1.11 bits per heavy atom. The Balaban J connectivity index is 1.26. The minimum absolute atomic E-state index is 0.125. The summed E-state index contributed by atoms with van der Waals surface area (Å²) in [5.41, 5.74) is 5.69. The molecule has 0 unspecified atom stereocenters. The molecule has 0 spiro atoms. The fourth-order valence-electron chi connectivity index (χ4n) is 5.97. The molecule has 8 nitrogen and oxygen atoms in total. The zero-order valence-electron chi connectivity index (χ0n) is 21.0. The predicted octanol–water partition coefficient (Wildman–Crippen LogP) is 5.02. The normalized spacial score (nSPS) is 19.1. The third-order valence-electron chi connectivity index (χ3n) is 7.91. The maximum Gasteiger partial charge on any atom is 0.254 e. The molecule has 2 saturated heterocycles. The summed E-state index contributed by atoms with van der Waals surface area (Å²) in [6.45, 7) is 3.96. The number of nitrogens with one attached hydrogen (secondary N) is 2. The van der Waals surface area contributed by atoms with Gasteiger partial charge in [0.25, 0.3) is 5.91 Å². The minimum atomic E-state index is -0.334. The second-order valence-corrected chi connectivity index (χ2v) is 10.3. The van der Waals surface area contributed by atoms with Crippen LogP contribution in [0.15, 0.2) is 48.8 Å². The van der Waals surface area contributed by atoms with Crippen molar-refractivity contribution < 1.29 is 13.9 Å². The molecule has 7 rings (SSSR count). The van der Waals surface area contributed by atoms with Crippen LogP contribution in [0.25, 0.3) is 16.9 Å². The average Bonchev–Trinajstić information content (AvgIpc) is 3.70. The number of piperidine rings is 1. The number of benzene rings is 1. The molecule has 3 aliphatic heterocycles. The quantitative estimate of drug-likeness (QED) is 0.391. The third kappa shape index (κ3) is 3.98. The number of imidazole rings is 1. The topological polar surface area (TPSA) is 83.8 Å². The van der Waals surface area contributed by atoms with Crippen LogP contribution in [-0.4, -0.2) is 46.6 Å². The van der Waals surface area contributed by atoms with Gasteiger partial charge in [-0.25, -0.2) is 14.4 Å². The van der Waals surface area contributed by atoms with Gasteiger partial charge in [0.05, 0.1) is 29.7 Å². The number of anilines is 3. The fraction of sp³-hybridized carbons (Fsp3) is 0.345. The van der Waals surface area contributed by atoms with Crippen LogP contribution < -0.4 is 15.5 Å². The highest BCUT2D eigenvalue weighted by Crippen LogP contribution is 2.38. The number of amides is 1. The molecule has 0 bridgehead atoms. The highest BCUT2D eigenvalue weighted by Gasteiger charge is 2.29. The van der Waals surface area contributed by atoms with Crippen molar-refractivity contribution in [1.82, 2.24) is 19.7 Å². The van der Waals surface area contributed by atoms with Gasteiger partial charge in [-0.15, -0.1) is 0 Å². The number of halogens is 1. The first-order valence-electron chi connectivity index (χ1n) is 13.3. The Morgan fingerprint density at radius 2 is 2.00 bits per heavy atom. The molecule has 0 aliphatic carbocycles. The van der Waals surface area contributed by atoms with Crippen molar-refractivity contribution in [2.45, 2.75) is 38.1 Å². The highest BCUT2D eigenvalue weighted by molar-refractivity contribution is 6.06. The van der Waals surface area contributed by atoms with Crippen molar-refractivity contribution in [3.05, 3.63) is 71.3 Å². The summed E-state index contributed by atoms with van der Waals surface area (Å²) in [6, 6.07) is 10.9. The maximum absolute atomic E-state index is 13.7. The summed E-state index contributed by atoms with van der Waals surface area (Å²) in [5, 5.41) is 6.42. The molecule has 194 valence electrons. The van der Waals surface area contributed by atoms with Crippen LogP contribution in [0.2, 0.25) is 0 Å². The summed E-state index contributed by atoms with van der Waals surface area (Å²) >= 11 is 0. The minimum Gasteiger partial charge on any atom is -0.381 e. The molecule has 1 aromatic carbocycles. The van der Waals surface area contributed by atoms with Gasteiger partial charge in [-0.2, -0.15) is 0 Å². The summed E-state index contributed by atoms with van der Waals surface area (Å²) in [5.74, 6) is 1.65. The van der Waals surface area contributed by atoms with Gasteiger partial charge >= 0.3 is 0 Å². The van der Waals surface area contributed by atoms with Crippen molar-refractivity contribution >= 4 is 28.9 Å². The number of carbonyl (C=O) groups is 1. The smallest absolute Gasteiger partial charge is 0.254 e. The largest absolute Gasteiger partial charge is 0.381 e. The van der Waals surface area contributed by atoms with E-state index in [-0.39, 0.29) is 11.7 Å². The van der Waals surface area contributed by atoms with Crippen molar-refractivity contribution in [2.75, 3.05) is 36.5 Å². The summed E-state index contributed by atoms with van der Waals surface area (Å²) in [6.07, 6.45) is 8.00. The molecule has 38 heavy (non-hydrogen) atoms. The van der Waals surface area contributed by atoms with Gasteiger partial charge in [-0.05, 0) is 49.4 Å². The Morgan fingerprint density at radius 3 is 2.84 bits per heavy atom. The first-order chi connectivity index (χ1) is 18.7. The van der Waals surface area contributed by atoms with Crippen LogP contribution in [0, 0.1) is 5.82 Å². The summed E-state index contributed by atoms with van der Waals surface area (Å²) in [4.78, 5) is 24.8. The highest BCUT2D eigenvalue weighted by atomic mass is 19.1. The SMILES string of the molecule is O=C1NCc2c(-c3cnc4cc(F)ccn34)ccc(Nc3ccc([C@H]4CCOC4)c(N4CCCCC4)n3)c21. The van der Waals surface area contributed by atoms with Gasteiger partial charge < -0.3 is 20.3 Å². The lowest BCUT2D eigenvalue weighted by Gasteiger charge is -2.31. The van der Waals surface area contributed by atoms with Gasteiger partial charge in [0.15, 0.2) is 0 Å².